The van der Waals surface area contributed by atoms with E-state index < -0.39 is 6.04 Å². The molecule has 1 N–H and O–H groups in total. The molecule has 2 aromatic carbocycles. The molecule has 31 heavy (non-hydrogen) atoms. The Hall–Kier alpha value is -2.53. The van der Waals surface area contributed by atoms with Gasteiger partial charge in [0.05, 0.1) is 6.54 Å². The summed E-state index contributed by atoms with van der Waals surface area (Å²) in [5.74, 6) is 0.623. The molecule has 0 saturated carbocycles. The minimum Gasteiger partial charge on any atom is -0.488 e. The van der Waals surface area contributed by atoms with Gasteiger partial charge < -0.3 is 15.0 Å². The van der Waals surface area contributed by atoms with Gasteiger partial charge in [-0.3, -0.25) is 9.59 Å². The molecule has 0 fully saturated rings. The highest BCUT2D eigenvalue weighted by atomic mass is 35.5. The van der Waals surface area contributed by atoms with Gasteiger partial charge >= 0.3 is 0 Å². The molecule has 1 aliphatic heterocycles. The molecule has 1 aliphatic rings. The molecule has 0 aliphatic carbocycles. The van der Waals surface area contributed by atoms with Crippen LogP contribution in [0.25, 0.3) is 0 Å². The molecule has 0 bridgehead atoms. The van der Waals surface area contributed by atoms with Crippen LogP contribution in [-0.4, -0.2) is 35.9 Å². The van der Waals surface area contributed by atoms with Gasteiger partial charge in [-0.1, -0.05) is 63.1 Å². The first kappa shape index (κ1) is 23.1. The van der Waals surface area contributed by atoms with E-state index in [4.69, 9.17) is 16.3 Å². The average Bonchev–Trinajstić information content (AvgIpc) is 2.89. The predicted molar refractivity (Wildman–Crippen MR) is 123 cm³/mol. The Bertz CT molecular complexity index is 915. The van der Waals surface area contributed by atoms with Crippen LogP contribution < -0.4 is 10.1 Å². The number of hydrogen-bond acceptors (Lipinski definition) is 3. The second-order valence-electron chi connectivity index (χ2n) is 8.42. The van der Waals surface area contributed by atoms with E-state index in [0.29, 0.717) is 40.9 Å². The van der Waals surface area contributed by atoms with Crippen LogP contribution in [0.5, 0.6) is 5.75 Å². The lowest BCUT2D eigenvalue weighted by atomic mass is 10.0. The number of amides is 2. The van der Waals surface area contributed by atoms with Crippen LogP contribution in [0, 0.1) is 5.92 Å². The van der Waals surface area contributed by atoms with Crippen LogP contribution in [-0.2, 0) is 4.79 Å². The minimum atomic E-state index is -0.767. The first-order chi connectivity index (χ1) is 14.9. The summed E-state index contributed by atoms with van der Waals surface area (Å²) >= 11 is 6.15. The van der Waals surface area contributed by atoms with E-state index in [-0.39, 0.29) is 17.9 Å². The second kappa shape index (κ2) is 10.7. The van der Waals surface area contributed by atoms with Crippen LogP contribution in [0.1, 0.15) is 62.0 Å². The summed E-state index contributed by atoms with van der Waals surface area (Å²) in [4.78, 5) is 28.6. The van der Waals surface area contributed by atoms with Crippen molar-refractivity contribution in [2.24, 2.45) is 5.92 Å². The van der Waals surface area contributed by atoms with Crippen molar-refractivity contribution in [3.63, 3.8) is 0 Å². The number of hydrogen-bond donors (Lipinski definition) is 1. The molecule has 6 heteroatoms. The van der Waals surface area contributed by atoms with E-state index in [1.165, 1.54) is 0 Å². The van der Waals surface area contributed by atoms with Crippen molar-refractivity contribution in [3.8, 4) is 5.75 Å². The third-order valence-corrected chi connectivity index (χ3v) is 5.60. The minimum absolute atomic E-state index is 0.190. The number of fused-ring (bicyclic) bond motifs is 1. The SMILES string of the molecule is CCCCNC(=O)[C@H]1c2ccccc2O[C@@H](CC(C)C)CN1C(=O)c1cccc(Cl)c1. The molecule has 2 aromatic rings. The van der Waals surface area contributed by atoms with Crippen molar-refractivity contribution in [1.82, 2.24) is 10.2 Å². The maximum Gasteiger partial charge on any atom is 0.254 e. The fourth-order valence-electron chi connectivity index (χ4n) is 3.93. The van der Waals surface area contributed by atoms with Crippen LogP contribution in [0.2, 0.25) is 5.02 Å². The third-order valence-electron chi connectivity index (χ3n) is 5.36. The first-order valence-corrected chi connectivity index (χ1v) is 11.4. The molecule has 0 spiro atoms. The van der Waals surface area contributed by atoms with E-state index in [2.05, 4.69) is 26.1 Å². The monoisotopic (exact) mass is 442 g/mol. The fourth-order valence-corrected chi connectivity index (χ4v) is 4.12. The highest BCUT2D eigenvalue weighted by Gasteiger charge is 2.38. The first-order valence-electron chi connectivity index (χ1n) is 11.0. The van der Waals surface area contributed by atoms with Crippen molar-refractivity contribution >= 4 is 23.4 Å². The number of unbranched alkanes of at least 4 members (excludes halogenated alkanes) is 1. The Morgan fingerprint density at radius 3 is 2.68 bits per heavy atom. The van der Waals surface area contributed by atoms with Crippen LogP contribution in [0.4, 0.5) is 0 Å². The molecular weight excluding hydrogens is 412 g/mol. The quantitative estimate of drug-likeness (QED) is 0.596. The van der Waals surface area contributed by atoms with Gasteiger partial charge in [-0.25, -0.2) is 0 Å². The summed E-state index contributed by atoms with van der Waals surface area (Å²) in [5.41, 5.74) is 1.17. The highest BCUT2D eigenvalue weighted by molar-refractivity contribution is 6.31. The predicted octanol–water partition coefficient (Wildman–Crippen LogP) is 5.25. The van der Waals surface area contributed by atoms with Gasteiger partial charge in [0.2, 0.25) is 5.91 Å². The standard InChI is InChI=1S/C25H31ClN2O3/c1-4-5-13-27-24(29)23-21-11-6-7-12-22(21)31-20(14-17(2)3)16-28(23)25(30)18-9-8-10-19(26)15-18/h6-12,15,17,20,23H,4-5,13-14,16H2,1-3H3,(H,27,29)/t20-,23+/m0/s1. The molecule has 3 rings (SSSR count). The van der Waals surface area contributed by atoms with Gasteiger partial charge in [-0.05, 0) is 43.0 Å². The Morgan fingerprint density at radius 1 is 1.19 bits per heavy atom. The van der Waals surface area contributed by atoms with Crippen molar-refractivity contribution in [2.45, 2.75) is 52.2 Å². The molecule has 2 atom stereocenters. The number of benzene rings is 2. The molecule has 5 nitrogen and oxygen atoms in total. The number of carbonyl (C=O) groups is 2. The van der Waals surface area contributed by atoms with Crippen LogP contribution in [0.15, 0.2) is 48.5 Å². The van der Waals surface area contributed by atoms with E-state index in [1.54, 1.807) is 29.2 Å². The molecule has 166 valence electrons. The summed E-state index contributed by atoms with van der Waals surface area (Å²) in [6.07, 6.45) is 2.43. The van der Waals surface area contributed by atoms with E-state index in [9.17, 15) is 9.59 Å². The zero-order chi connectivity index (χ0) is 22.4. The molecule has 0 unspecified atom stereocenters. The molecule has 1 heterocycles. The largest absolute Gasteiger partial charge is 0.488 e. The fraction of sp³-hybridized carbons (Fsp3) is 0.440. The lowest BCUT2D eigenvalue weighted by molar-refractivity contribution is -0.126. The smallest absolute Gasteiger partial charge is 0.254 e. The van der Waals surface area contributed by atoms with Gasteiger partial charge in [0.25, 0.3) is 5.91 Å². The Morgan fingerprint density at radius 2 is 1.97 bits per heavy atom. The summed E-state index contributed by atoms with van der Waals surface area (Å²) in [5, 5.41) is 3.50. The van der Waals surface area contributed by atoms with Gasteiger partial charge in [0, 0.05) is 22.7 Å². The van der Waals surface area contributed by atoms with Crippen molar-refractivity contribution in [1.29, 1.82) is 0 Å². The number of nitrogens with one attached hydrogen (secondary N) is 1. The summed E-state index contributed by atoms with van der Waals surface area (Å²) < 4.78 is 6.31. The molecular formula is C25H31ClN2O3. The van der Waals surface area contributed by atoms with E-state index in [1.807, 2.05) is 24.3 Å². The van der Waals surface area contributed by atoms with Gasteiger partial charge in [0.1, 0.15) is 17.9 Å². The van der Waals surface area contributed by atoms with Crippen LogP contribution in [0.3, 0.4) is 0 Å². The Balaban J connectivity index is 2.04. The Kier molecular flexibility index (Phi) is 7.97. The molecule has 0 radical (unpaired) electrons. The molecule has 0 saturated heterocycles. The number of halogens is 1. The number of rotatable bonds is 7. The summed E-state index contributed by atoms with van der Waals surface area (Å²) in [7, 11) is 0. The normalized spacial score (nSPS) is 18.2. The van der Waals surface area contributed by atoms with E-state index in [0.717, 1.165) is 19.3 Å². The third kappa shape index (κ3) is 5.79. The number of para-hydroxylation sites is 1. The number of carbonyl (C=O) groups excluding carboxylic acids is 2. The topological polar surface area (TPSA) is 58.6 Å². The van der Waals surface area contributed by atoms with Crippen molar-refractivity contribution in [3.05, 3.63) is 64.7 Å². The van der Waals surface area contributed by atoms with Crippen LogP contribution >= 0.6 is 11.6 Å². The van der Waals surface area contributed by atoms with Gasteiger partial charge in [0.15, 0.2) is 0 Å². The zero-order valence-electron chi connectivity index (χ0n) is 18.4. The highest BCUT2D eigenvalue weighted by Crippen LogP contribution is 2.36. The summed E-state index contributed by atoms with van der Waals surface area (Å²) in [6.45, 7) is 7.22. The molecule has 2 amide bonds. The van der Waals surface area contributed by atoms with Gasteiger partial charge in [-0.15, -0.1) is 0 Å². The Labute approximate surface area is 189 Å². The lowest BCUT2D eigenvalue weighted by Gasteiger charge is -2.31. The summed E-state index contributed by atoms with van der Waals surface area (Å²) in [6, 6.07) is 13.6. The lowest BCUT2D eigenvalue weighted by Crippen LogP contribution is -2.46. The number of nitrogens with zero attached hydrogens (tertiary/aromatic N) is 1. The molecule has 0 aromatic heterocycles. The van der Waals surface area contributed by atoms with E-state index >= 15 is 0 Å². The number of ether oxygens (including phenoxy) is 1. The van der Waals surface area contributed by atoms with Gasteiger partial charge in [-0.2, -0.15) is 0 Å². The zero-order valence-corrected chi connectivity index (χ0v) is 19.2. The maximum atomic E-state index is 13.6. The van der Waals surface area contributed by atoms with Crippen molar-refractivity contribution < 1.29 is 14.3 Å². The second-order valence-corrected chi connectivity index (χ2v) is 8.86. The average molecular weight is 443 g/mol. The maximum absolute atomic E-state index is 13.6. The van der Waals surface area contributed by atoms with Crippen molar-refractivity contribution in [2.75, 3.05) is 13.1 Å².